The van der Waals surface area contributed by atoms with Gasteiger partial charge in [0.25, 0.3) is 0 Å². The van der Waals surface area contributed by atoms with E-state index in [4.69, 9.17) is 24.4 Å². The van der Waals surface area contributed by atoms with Crippen LogP contribution in [0.2, 0.25) is 0 Å². The van der Waals surface area contributed by atoms with Crippen molar-refractivity contribution in [2.75, 3.05) is 0 Å². The standard InChI is InChI=1S/C56H44N4O/c1-5-40-52(38-23-11-8-12-24-38)59-56(60-53(40)41-26-14-13-20-35(41)3)47-32-17-25-39-34-48-44(51(39)47)29-19-31-46(48)55(58-49(6-2)37-21-9-7-10-22-37)57-36(4)42-28-18-30-45-43-27-15-16-33-50(43)61-54(42)45/h6-33H,5,34H2,1-4H3/b49-6-,57-36?,58-55?. The number of nitrogens with zero attached hydrogens (tertiary/aromatic N) is 4. The minimum absolute atomic E-state index is 0.644. The van der Waals surface area contributed by atoms with E-state index in [1.54, 1.807) is 0 Å². The Morgan fingerprint density at radius 2 is 1.30 bits per heavy atom. The molecule has 0 spiro atoms. The molecule has 5 heteroatoms. The van der Waals surface area contributed by atoms with Crippen LogP contribution in [0.15, 0.2) is 184 Å². The Morgan fingerprint density at radius 1 is 0.639 bits per heavy atom. The molecule has 0 radical (unpaired) electrons. The van der Waals surface area contributed by atoms with Gasteiger partial charge in [0, 0.05) is 44.2 Å². The molecular weight excluding hydrogens is 745 g/mol. The molecule has 7 aromatic carbocycles. The summed E-state index contributed by atoms with van der Waals surface area (Å²) in [5, 5.41) is 2.16. The number of benzene rings is 7. The third-order valence-electron chi connectivity index (χ3n) is 11.9. The number of aryl methyl sites for hydroxylation is 1. The lowest BCUT2D eigenvalue weighted by atomic mass is 9.94. The van der Waals surface area contributed by atoms with Crippen LogP contribution < -0.4 is 0 Å². The minimum Gasteiger partial charge on any atom is -0.455 e. The summed E-state index contributed by atoms with van der Waals surface area (Å²) in [6, 6.07) is 56.9. The summed E-state index contributed by atoms with van der Waals surface area (Å²) in [4.78, 5) is 21.7. The molecule has 61 heavy (non-hydrogen) atoms. The van der Waals surface area contributed by atoms with Crippen LogP contribution in [0.25, 0.3) is 72.7 Å². The largest absolute Gasteiger partial charge is 0.455 e. The quantitative estimate of drug-likeness (QED) is 0.114. The monoisotopic (exact) mass is 788 g/mol. The number of aliphatic imine (C=N–C) groups is 2. The first-order valence-corrected chi connectivity index (χ1v) is 21.0. The molecule has 0 atom stereocenters. The molecule has 1 aliphatic carbocycles. The molecule has 1 aliphatic rings. The molecule has 0 unspecified atom stereocenters. The van der Waals surface area contributed by atoms with E-state index in [1.165, 1.54) is 16.7 Å². The zero-order chi connectivity index (χ0) is 41.5. The first-order chi connectivity index (χ1) is 30.0. The normalized spacial score (nSPS) is 12.9. The predicted molar refractivity (Wildman–Crippen MR) is 253 cm³/mol. The summed E-state index contributed by atoms with van der Waals surface area (Å²) >= 11 is 0. The minimum atomic E-state index is 0.644. The van der Waals surface area contributed by atoms with Crippen LogP contribution in [-0.2, 0) is 12.8 Å². The highest BCUT2D eigenvalue weighted by molar-refractivity contribution is 6.19. The van der Waals surface area contributed by atoms with Gasteiger partial charge < -0.3 is 4.42 Å². The van der Waals surface area contributed by atoms with Crippen molar-refractivity contribution in [3.63, 3.8) is 0 Å². The third kappa shape index (κ3) is 6.78. The van der Waals surface area contributed by atoms with Crippen molar-refractivity contribution in [3.8, 4) is 45.0 Å². The third-order valence-corrected chi connectivity index (χ3v) is 11.9. The number of hydrogen-bond donors (Lipinski definition) is 0. The number of aromatic nitrogens is 2. The predicted octanol–water partition coefficient (Wildman–Crippen LogP) is 14.1. The highest BCUT2D eigenvalue weighted by atomic mass is 16.3. The number of allylic oxidation sites excluding steroid dienone is 1. The fraction of sp³-hybridized carbons (Fsp3) is 0.107. The van der Waals surface area contributed by atoms with Crippen molar-refractivity contribution in [1.29, 1.82) is 0 Å². The van der Waals surface area contributed by atoms with Crippen molar-refractivity contribution in [2.24, 2.45) is 9.98 Å². The van der Waals surface area contributed by atoms with Gasteiger partial charge in [0.05, 0.1) is 22.8 Å². The Bertz CT molecular complexity index is 3230. The van der Waals surface area contributed by atoms with Gasteiger partial charge in [-0.3, -0.25) is 0 Å². The molecule has 10 rings (SSSR count). The van der Waals surface area contributed by atoms with Gasteiger partial charge in [0.1, 0.15) is 11.2 Å². The Labute approximate surface area is 356 Å². The molecule has 0 N–H and O–H groups in total. The first kappa shape index (κ1) is 37.7. The molecule has 0 saturated heterocycles. The van der Waals surface area contributed by atoms with Crippen LogP contribution >= 0.6 is 0 Å². The number of amidine groups is 1. The Morgan fingerprint density at radius 3 is 2.10 bits per heavy atom. The van der Waals surface area contributed by atoms with Gasteiger partial charge in [0.15, 0.2) is 11.7 Å². The van der Waals surface area contributed by atoms with E-state index >= 15 is 0 Å². The SMILES string of the molecule is C/C=C(\N=C(N=C(C)c1cccc2c1oc1ccccc12)c1cccc2c1Cc1cccc(-c3nc(-c4ccccc4)c(CC)c(-c4ccccc4C)n3)c1-2)c1ccccc1. The van der Waals surface area contributed by atoms with Crippen LogP contribution in [0.4, 0.5) is 0 Å². The van der Waals surface area contributed by atoms with Crippen LogP contribution in [0, 0.1) is 6.92 Å². The van der Waals surface area contributed by atoms with E-state index < -0.39 is 0 Å². The zero-order valence-corrected chi connectivity index (χ0v) is 34.8. The molecule has 9 aromatic rings. The molecule has 2 aromatic heterocycles. The van der Waals surface area contributed by atoms with Gasteiger partial charge in [-0.2, -0.15) is 0 Å². The second-order valence-corrected chi connectivity index (χ2v) is 15.6. The maximum atomic E-state index is 6.49. The first-order valence-electron chi connectivity index (χ1n) is 21.0. The van der Waals surface area contributed by atoms with Gasteiger partial charge in [0.2, 0.25) is 0 Å². The molecule has 2 heterocycles. The summed E-state index contributed by atoms with van der Waals surface area (Å²) in [6.45, 7) is 8.44. The van der Waals surface area contributed by atoms with E-state index in [1.807, 2.05) is 37.3 Å². The lowest BCUT2D eigenvalue weighted by molar-refractivity contribution is 0.668. The smallest absolute Gasteiger partial charge is 0.161 e. The average molecular weight is 789 g/mol. The number of para-hydroxylation sites is 2. The molecule has 0 aliphatic heterocycles. The van der Waals surface area contributed by atoms with Gasteiger partial charge >= 0.3 is 0 Å². The fourth-order valence-corrected chi connectivity index (χ4v) is 8.91. The second kappa shape index (κ2) is 15.9. The van der Waals surface area contributed by atoms with Gasteiger partial charge in [-0.1, -0.05) is 165 Å². The Hall–Kier alpha value is -7.50. The van der Waals surface area contributed by atoms with E-state index in [-0.39, 0.29) is 0 Å². The summed E-state index contributed by atoms with van der Waals surface area (Å²) in [5.74, 6) is 1.36. The Balaban J connectivity index is 1.16. The lowest BCUT2D eigenvalue weighted by Crippen LogP contribution is -2.07. The molecule has 0 bridgehead atoms. The topological polar surface area (TPSA) is 63.6 Å². The number of hydrogen-bond acceptors (Lipinski definition) is 4. The van der Waals surface area contributed by atoms with Gasteiger partial charge in [-0.05, 0) is 79.1 Å². The lowest BCUT2D eigenvalue weighted by Gasteiger charge is -2.18. The molecular formula is C56H44N4O. The highest BCUT2D eigenvalue weighted by Gasteiger charge is 2.28. The van der Waals surface area contributed by atoms with E-state index in [0.717, 1.165) is 108 Å². The fourth-order valence-electron chi connectivity index (χ4n) is 8.91. The molecule has 294 valence electrons. The van der Waals surface area contributed by atoms with Gasteiger partial charge in [-0.25, -0.2) is 20.0 Å². The van der Waals surface area contributed by atoms with Crippen molar-refractivity contribution in [2.45, 2.75) is 40.5 Å². The van der Waals surface area contributed by atoms with Crippen LogP contribution in [0.3, 0.4) is 0 Å². The highest BCUT2D eigenvalue weighted by Crippen LogP contribution is 2.45. The van der Waals surface area contributed by atoms with Crippen LogP contribution in [0.1, 0.15) is 59.7 Å². The summed E-state index contributed by atoms with van der Waals surface area (Å²) in [7, 11) is 0. The van der Waals surface area contributed by atoms with E-state index in [2.05, 4.69) is 160 Å². The molecule has 0 saturated carbocycles. The van der Waals surface area contributed by atoms with Crippen molar-refractivity contribution < 1.29 is 4.42 Å². The van der Waals surface area contributed by atoms with E-state index in [9.17, 15) is 0 Å². The number of rotatable bonds is 8. The summed E-state index contributed by atoms with van der Waals surface area (Å²) in [5.41, 5.74) is 18.5. The van der Waals surface area contributed by atoms with Crippen molar-refractivity contribution >= 4 is 39.2 Å². The Kier molecular flexibility index (Phi) is 9.86. The average Bonchev–Trinajstić information content (AvgIpc) is 3.89. The summed E-state index contributed by atoms with van der Waals surface area (Å²) < 4.78 is 6.49. The molecule has 5 nitrogen and oxygen atoms in total. The van der Waals surface area contributed by atoms with Crippen molar-refractivity contribution in [1.82, 2.24) is 9.97 Å². The maximum Gasteiger partial charge on any atom is 0.161 e. The summed E-state index contributed by atoms with van der Waals surface area (Å²) in [6.07, 6.45) is 3.59. The number of furan rings is 1. The van der Waals surface area contributed by atoms with Gasteiger partial charge in [-0.15, -0.1) is 0 Å². The number of fused-ring (bicyclic) bond motifs is 6. The zero-order valence-electron chi connectivity index (χ0n) is 34.8. The van der Waals surface area contributed by atoms with Crippen LogP contribution in [-0.4, -0.2) is 21.5 Å². The maximum absolute atomic E-state index is 6.49. The second-order valence-electron chi connectivity index (χ2n) is 15.6. The van der Waals surface area contributed by atoms with Crippen LogP contribution in [0.5, 0.6) is 0 Å². The van der Waals surface area contributed by atoms with E-state index in [0.29, 0.717) is 11.7 Å². The molecule has 0 amide bonds. The van der Waals surface area contributed by atoms with Crippen molar-refractivity contribution in [3.05, 3.63) is 209 Å². The molecule has 0 fully saturated rings.